The summed E-state index contributed by atoms with van der Waals surface area (Å²) in [6.45, 7) is 4.74. The molecule has 2 bridgehead atoms. The Morgan fingerprint density at radius 3 is 2.59 bits per heavy atom. The first-order chi connectivity index (χ1) is 14.0. The predicted octanol–water partition coefficient (Wildman–Crippen LogP) is 3.22. The molecule has 0 saturated carbocycles. The molecule has 2 saturated heterocycles. The number of rotatable bonds is 5. The largest absolute Gasteiger partial charge is 0.349 e. The van der Waals surface area contributed by atoms with E-state index in [1.54, 1.807) is 10.6 Å². The molecule has 0 aliphatic carbocycles. The molecule has 2 aliphatic rings. The summed E-state index contributed by atoms with van der Waals surface area (Å²) in [5, 5.41) is 12.9. The number of hydrogen-bond donors (Lipinski definition) is 1. The van der Waals surface area contributed by atoms with Crippen molar-refractivity contribution in [2.75, 3.05) is 6.54 Å². The third kappa shape index (κ3) is 3.67. The molecule has 1 amide bonds. The van der Waals surface area contributed by atoms with Gasteiger partial charge in [-0.05, 0) is 57.0 Å². The fourth-order valence-electron chi connectivity index (χ4n) is 5.16. The molecule has 1 unspecified atom stereocenters. The number of fused-ring (bicyclic) bond motifs is 3. The summed E-state index contributed by atoms with van der Waals surface area (Å²) in [7, 11) is 0. The predicted molar refractivity (Wildman–Crippen MR) is 113 cm³/mol. The fraction of sp³-hybridized carbons (Fsp3) is 0.522. The highest BCUT2D eigenvalue weighted by Gasteiger charge is 2.40. The SMILES string of the molecule is CC(C)n1c(=O)c(C(=O)NC2C[C@H]3CC[C@@H](C2)N3CCC#N)cc2ccccc21. The molecule has 1 N–H and O–H groups in total. The van der Waals surface area contributed by atoms with E-state index in [4.69, 9.17) is 5.26 Å². The van der Waals surface area contributed by atoms with Gasteiger partial charge in [0.2, 0.25) is 0 Å². The van der Waals surface area contributed by atoms with E-state index < -0.39 is 0 Å². The van der Waals surface area contributed by atoms with Crippen molar-refractivity contribution in [2.24, 2.45) is 0 Å². The molecular weight excluding hydrogens is 364 g/mol. The number of nitrogens with zero attached hydrogens (tertiary/aromatic N) is 3. The minimum atomic E-state index is -0.273. The molecule has 1 aromatic carbocycles. The minimum Gasteiger partial charge on any atom is -0.349 e. The van der Waals surface area contributed by atoms with Crippen molar-refractivity contribution in [3.05, 3.63) is 46.2 Å². The van der Waals surface area contributed by atoms with Gasteiger partial charge in [-0.25, -0.2) is 0 Å². The Kier molecular flexibility index (Phi) is 5.42. The monoisotopic (exact) mass is 392 g/mol. The van der Waals surface area contributed by atoms with Gasteiger partial charge < -0.3 is 9.88 Å². The number of amides is 1. The van der Waals surface area contributed by atoms with Crippen LogP contribution in [0.4, 0.5) is 0 Å². The Bertz CT molecular complexity index is 1010. The van der Waals surface area contributed by atoms with Gasteiger partial charge in [-0.3, -0.25) is 14.5 Å². The Hall–Kier alpha value is -2.65. The second-order valence-electron chi connectivity index (χ2n) is 8.56. The molecule has 4 rings (SSSR count). The quantitative estimate of drug-likeness (QED) is 0.847. The Labute approximate surface area is 171 Å². The van der Waals surface area contributed by atoms with Gasteiger partial charge in [0, 0.05) is 37.1 Å². The second kappa shape index (κ2) is 8.00. The number of piperidine rings is 1. The fourth-order valence-corrected chi connectivity index (χ4v) is 5.16. The van der Waals surface area contributed by atoms with Crippen LogP contribution in [0.15, 0.2) is 35.1 Å². The average molecular weight is 393 g/mol. The number of para-hydroxylation sites is 1. The number of carbonyl (C=O) groups is 1. The normalized spacial score (nSPS) is 24.0. The van der Waals surface area contributed by atoms with Crippen molar-refractivity contribution in [1.82, 2.24) is 14.8 Å². The van der Waals surface area contributed by atoms with Crippen molar-refractivity contribution in [3.8, 4) is 6.07 Å². The Morgan fingerprint density at radius 2 is 1.93 bits per heavy atom. The van der Waals surface area contributed by atoms with Crippen molar-refractivity contribution in [1.29, 1.82) is 5.26 Å². The summed E-state index contributed by atoms with van der Waals surface area (Å²) >= 11 is 0. The molecule has 2 aliphatic heterocycles. The molecule has 3 atom stereocenters. The summed E-state index contributed by atoms with van der Waals surface area (Å²) in [4.78, 5) is 28.6. The topological polar surface area (TPSA) is 78.1 Å². The van der Waals surface area contributed by atoms with E-state index in [1.807, 2.05) is 38.1 Å². The highest BCUT2D eigenvalue weighted by molar-refractivity contribution is 5.97. The highest BCUT2D eigenvalue weighted by Crippen LogP contribution is 2.35. The standard InChI is InChI=1S/C23H28N4O2/c1-15(2)27-21-7-4-3-6-16(21)12-20(23(27)29)22(28)25-17-13-18-8-9-19(14-17)26(18)11-5-10-24/h3-4,6-7,12,15,17-19H,5,8-9,11,13-14H2,1-2H3,(H,25,28)/t17?,18-,19+. The molecule has 1 aromatic heterocycles. The van der Waals surface area contributed by atoms with Crippen LogP contribution in [0.3, 0.4) is 0 Å². The summed E-state index contributed by atoms with van der Waals surface area (Å²) in [5.41, 5.74) is 0.843. The maximum atomic E-state index is 13.1. The first-order valence-electron chi connectivity index (χ1n) is 10.6. The van der Waals surface area contributed by atoms with Gasteiger partial charge in [0.05, 0.1) is 11.6 Å². The smallest absolute Gasteiger partial charge is 0.264 e. The van der Waals surface area contributed by atoms with Crippen LogP contribution < -0.4 is 10.9 Å². The second-order valence-corrected chi connectivity index (χ2v) is 8.56. The lowest BCUT2D eigenvalue weighted by molar-refractivity contribution is 0.0848. The molecular formula is C23H28N4O2. The molecule has 0 spiro atoms. The molecule has 2 fully saturated rings. The van der Waals surface area contributed by atoms with E-state index in [-0.39, 0.29) is 29.1 Å². The molecule has 0 radical (unpaired) electrons. The van der Waals surface area contributed by atoms with E-state index in [0.29, 0.717) is 18.5 Å². The number of benzene rings is 1. The molecule has 152 valence electrons. The van der Waals surface area contributed by atoms with Gasteiger partial charge in [-0.1, -0.05) is 18.2 Å². The van der Waals surface area contributed by atoms with Gasteiger partial charge in [-0.15, -0.1) is 0 Å². The number of nitriles is 1. The van der Waals surface area contributed by atoms with Gasteiger partial charge >= 0.3 is 0 Å². The average Bonchev–Trinajstić information content (AvgIpc) is 2.93. The Morgan fingerprint density at radius 1 is 1.24 bits per heavy atom. The highest BCUT2D eigenvalue weighted by atomic mass is 16.2. The zero-order valence-corrected chi connectivity index (χ0v) is 17.1. The van der Waals surface area contributed by atoms with Crippen LogP contribution in [0.2, 0.25) is 0 Å². The third-order valence-electron chi connectivity index (χ3n) is 6.41. The van der Waals surface area contributed by atoms with Gasteiger partial charge in [0.15, 0.2) is 0 Å². The van der Waals surface area contributed by atoms with E-state index in [2.05, 4.69) is 16.3 Å². The summed E-state index contributed by atoms with van der Waals surface area (Å²) < 4.78 is 1.71. The van der Waals surface area contributed by atoms with Crippen LogP contribution in [0.25, 0.3) is 10.9 Å². The van der Waals surface area contributed by atoms with Crippen LogP contribution in [0.1, 0.15) is 62.4 Å². The first kappa shape index (κ1) is 19.7. The van der Waals surface area contributed by atoms with Crippen LogP contribution in [0.5, 0.6) is 0 Å². The van der Waals surface area contributed by atoms with Gasteiger partial charge in [0.1, 0.15) is 5.56 Å². The van der Waals surface area contributed by atoms with Crippen molar-refractivity contribution in [2.45, 2.75) is 70.1 Å². The summed E-state index contributed by atoms with van der Waals surface area (Å²) in [5.74, 6) is -0.273. The molecule has 3 heterocycles. The summed E-state index contributed by atoms with van der Waals surface area (Å²) in [6.07, 6.45) is 4.58. The Balaban J connectivity index is 1.56. The van der Waals surface area contributed by atoms with Crippen LogP contribution in [-0.4, -0.2) is 40.0 Å². The maximum Gasteiger partial charge on any atom is 0.264 e. The maximum absolute atomic E-state index is 13.1. The number of hydrogen-bond acceptors (Lipinski definition) is 4. The minimum absolute atomic E-state index is 0.0284. The zero-order valence-electron chi connectivity index (χ0n) is 17.1. The molecule has 6 nitrogen and oxygen atoms in total. The number of carbonyl (C=O) groups excluding carboxylic acids is 1. The number of aromatic nitrogens is 1. The lowest BCUT2D eigenvalue weighted by atomic mass is 9.96. The van der Waals surface area contributed by atoms with Crippen LogP contribution in [0, 0.1) is 11.3 Å². The van der Waals surface area contributed by atoms with E-state index >= 15 is 0 Å². The van der Waals surface area contributed by atoms with Crippen molar-refractivity contribution < 1.29 is 4.79 Å². The molecule has 6 heteroatoms. The lowest BCUT2D eigenvalue weighted by Gasteiger charge is -2.38. The first-order valence-corrected chi connectivity index (χ1v) is 10.6. The van der Waals surface area contributed by atoms with Gasteiger partial charge in [-0.2, -0.15) is 5.26 Å². The molecule has 2 aromatic rings. The van der Waals surface area contributed by atoms with E-state index in [1.165, 1.54) is 0 Å². The summed E-state index contributed by atoms with van der Waals surface area (Å²) in [6, 6.07) is 12.6. The van der Waals surface area contributed by atoms with E-state index in [9.17, 15) is 9.59 Å². The molecule has 29 heavy (non-hydrogen) atoms. The van der Waals surface area contributed by atoms with Crippen molar-refractivity contribution >= 4 is 16.8 Å². The van der Waals surface area contributed by atoms with Crippen LogP contribution >= 0.6 is 0 Å². The number of pyridine rings is 1. The van der Waals surface area contributed by atoms with Crippen molar-refractivity contribution in [3.63, 3.8) is 0 Å². The van der Waals surface area contributed by atoms with Gasteiger partial charge in [0.25, 0.3) is 11.5 Å². The number of nitrogens with one attached hydrogen (secondary N) is 1. The van der Waals surface area contributed by atoms with Crippen LogP contribution in [-0.2, 0) is 0 Å². The lowest BCUT2D eigenvalue weighted by Crippen LogP contribution is -2.51. The zero-order chi connectivity index (χ0) is 20.5. The third-order valence-corrected chi connectivity index (χ3v) is 6.41. The van der Waals surface area contributed by atoms with E-state index in [0.717, 1.165) is 43.1 Å².